The van der Waals surface area contributed by atoms with E-state index < -0.39 is 62.5 Å². The Morgan fingerprint density at radius 1 is 0.967 bits per heavy atom. The Morgan fingerprint density at radius 2 is 1.77 bits per heavy atom. The van der Waals surface area contributed by atoms with Crippen LogP contribution in [0.25, 0.3) is 22.3 Å². The highest BCUT2D eigenvalue weighted by atomic mass is 32.2. The highest BCUT2D eigenvalue weighted by Crippen LogP contribution is 2.46. The largest absolute Gasteiger partial charge is 0.497 e. The van der Waals surface area contributed by atoms with Crippen LogP contribution in [0.4, 0.5) is 0 Å². The molecule has 0 spiro atoms. The van der Waals surface area contributed by atoms with Gasteiger partial charge in [-0.2, -0.15) is 0 Å². The molecule has 2 saturated carbocycles. The molecule has 4 fully saturated rings. The van der Waals surface area contributed by atoms with Crippen molar-refractivity contribution < 1.29 is 37.1 Å². The second kappa shape index (κ2) is 17.3. The van der Waals surface area contributed by atoms with Crippen molar-refractivity contribution in [1.29, 1.82) is 0 Å². The van der Waals surface area contributed by atoms with E-state index >= 15 is 0 Å². The Bertz CT molecular complexity index is 2300. The lowest BCUT2D eigenvalue weighted by Gasteiger charge is -2.31. The maximum atomic E-state index is 14.8. The van der Waals surface area contributed by atoms with E-state index in [0.29, 0.717) is 78.8 Å². The number of carbonyl (C=O) groups excluding carboxylic acids is 5. The molecular weight excluding hydrogens is 787 g/mol. The van der Waals surface area contributed by atoms with Crippen LogP contribution < -0.4 is 20.1 Å². The van der Waals surface area contributed by atoms with E-state index in [-0.39, 0.29) is 37.6 Å². The first kappa shape index (κ1) is 41.4. The number of nitrogens with zero attached hydrogens (tertiary/aromatic N) is 4. The van der Waals surface area contributed by atoms with Gasteiger partial charge in [-0.1, -0.05) is 31.1 Å². The minimum atomic E-state index is -3.91. The lowest BCUT2D eigenvalue weighted by atomic mass is 9.94. The number of piperidine rings is 1. The summed E-state index contributed by atoms with van der Waals surface area (Å²) < 4.78 is 33.6. The average Bonchev–Trinajstić information content (AvgIpc) is 4.19. The molecule has 2 saturated heterocycles. The first-order valence-corrected chi connectivity index (χ1v) is 22.8. The number of benzene rings is 1. The molecule has 318 valence electrons. The molecular formula is C44H53N7O8S. The Balaban J connectivity index is 1.11. The van der Waals surface area contributed by atoms with Crippen molar-refractivity contribution in [2.75, 3.05) is 26.7 Å². The third kappa shape index (κ3) is 8.89. The molecule has 2 aliphatic carbocycles. The van der Waals surface area contributed by atoms with Gasteiger partial charge in [-0.25, -0.2) is 13.4 Å². The fourth-order valence-corrected chi connectivity index (χ4v) is 10.3. The van der Waals surface area contributed by atoms with Gasteiger partial charge in [-0.15, -0.1) is 0 Å². The maximum Gasteiger partial charge on any atom is 0.259 e. The third-order valence-electron chi connectivity index (χ3n) is 12.6. The Morgan fingerprint density at radius 3 is 2.52 bits per heavy atom. The standard InChI is InChI=1S/C44H53N7O8S/c1-59-31-15-18-35-33(24-31)34(25-37(47-35)36-14-8-9-19-45-36)40(53)46-30-23-38-41(54)48-44(43(56)49-60(57,58)32-16-17-32)26-29(44)13-7-4-2-3-6-12-28(42(55)51(38)27-30)22-39(52)50-20-10-5-11-21-50/h7-9,13-15,18-19,24-25,28-30,32,38H,2-6,10-12,16-17,20-23,26-27H2,1H3,(H,46,53)(H,48,54)(H,49,56)/b13-7-/t28-,29-,30-,38+,44-/m1/s1. The Labute approximate surface area is 350 Å². The van der Waals surface area contributed by atoms with Crippen molar-refractivity contribution in [2.45, 2.75) is 106 Å². The summed E-state index contributed by atoms with van der Waals surface area (Å²) in [6, 6.07) is 10.5. The lowest BCUT2D eigenvalue weighted by molar-refractivity contribution is -0.145. The van der Waals surface area contributed by atoms with Crippen LogP contribution in [-0.4, -0.2) is 107 Å². The molecule has 2 aromatic heterocycles. The van der Waals surface area contributed by atoms with E-state index in [4.69, 9.17) is 9.72 Å². The number of ether oxygens (including phenoxy) is 1. The van der Waals surface area contributed by atoms with Crippen LogP contribution in [0.5, 0.6) is 5.75 Å². The van der Waals surface area contributed by atoms with Gasteiger partial charge < -0.3 is 25.2 Å². The van der Waals surface area contributed by atoms with Crippen molar-refractivity contribution in [2.24, 2.45) is 11.8 Å². The molecule has 3 aliphatic heterocycles. The van der Waals surface area contributed by atoms with Gasteiger partial charge >= 0.3 is 0 Å². The fourth-order valence-electron chi connectivity index (χ4n) is 8.95. The van der Waals surface area contributed by atoms with E-state index in [1.54, 1.807) is 42.6 Å². The number of rotatable bonds is 9. The van der Waals surface area contributed by atoms with Gasteiger partial charge in [0, 0.05) is 55.5 Å². The number of hydrogen-bond donors (Lipinski definition) is 3. The zero-order valence-electron chi connectivity index (χ0n) is 33.9. The van der Waals surface area contributed by atoms with E-state index in [1.165, 1.54) is 12.0 Å². The number of pyridine rings is 2. The summed E-state index contributed by atoms with van der Waals surface area (Å²) in [4.78, 5) is 83.8. The quantitative estimate of drug-likeness (QED) is 0.265. The van der Waals surface area contributed by atoms with Crippen molar-refractivity contribution in [3.05, 3.63) is 66.4 Å². The second-order valence-electron chi connectivity index (χ2n) is 16.9. The van der Waals surface area contributed by atoms with E-state index in [1.807, 2.05) is 23.1 Å². The molecule has 5 aliphatic rings. The number of allylic oxidation sites excluding steroid dienone is 1. The minimum Gasteiger partial charge on any atom is -0.497 e. The zero-order chi connectivity index (χ0) is 42.0. The molecule has 5 heterocycles. The van der Waals surface area contributed by atoms with Crippen LogP contribution in [-0.2, 0) is 29.2 Å². The summed E-state index contributed by atoms with van der Waals surface area (Å²) in [5.41, 5.74) is 0.365. The number of amides is 5. The highest BCUT2D eigenvalue weighted by molar-refractivity contribution is 7.91. The van der Waals surface area contributed by atoms with Gasteiger partial charge in [0.2, 0.25) is 27.7 Å². The minimum absolute atomic E-state index is 0.00911. The number of nitrogens with one attached hydrogen (secondary N) is 3. The molecule has 8 rings (SSSR count). The first-order valence-electron chi connectivity index (χ1n) is 21.3. The summed E-state index contributed by atoms with van der Waals surface area (Å²) in [5.74, 6) is -2.93. The number of methoxy groups -OCH3 is 1. The molecule has 0 radical (unpaired) electrons. The molecule has 15 nitrogen and oxygen atoms in total. The number of aromatic nitrogens is 2. The highest BCUT2D eigenvalue weighted by Gasteiger charge is 2.62. The summed E-state index contributed by atoms with van der Waals surface area (Å²) in [6.45, 7) is 1.28. The van der Waals surface area contributed by atoms with E-state index in [2.05, 4.69) is 20.3 Å². The fraction of sp³-hybridized carbons (Fsp3) is 0.523. The molecule has 3 N–H and O–H groups in total. The average molecular weight is 840 g/mol. The van der Waals surface area contributed by atoms with Gasteiger partial charge in [0.1, 0.15) is 17.3 Å². The first-order chi connectivity index (χ1) is 29.0. The predicted octanol–water partition coefficient (Wildman–Crippen LogP) is 4.03. The van der Waals surface area contributed by atoms with Gasteiger partial charge in [0.15, 0.2) is 0 Å². The van der Waals surface area contributed by atoms with Gasteiger partial charge in [0.05, 0.1) is 34.8 Å². The van der Waals surface area contributed by atoms with Crippen LogP contribution in [0.3, 0.4) is 0 Å². The Hall–Kier alpha value is -5.38. The van der Waals surface area contributed by atoms with Crippen molar-refractivity contribution in [1.82, 2.24) is 35.1 Å². The molecule has 1 aromatic carbocycles. The molecule has 5 atom stereocenters. The number of carbonyl (C=O) groups is 5. The van der Waals surface area contributed by atoms with Crippen LogP contribution in [0.2, 0.25) is 0 Å². The van der Waals surface area contributed by atoms with Gasteiger partial charge in [-0.05, 0) is 101 Å². The number of sulfonamides is 1. The van der Waals surface area contributed by atoms with Gasteiger partial charge in [0.25, 0.3) is 11.8 Å². The Kier molecular flexibility index (Phi) is 11.9. The zero-order valence-corrected chi connectivity index (χ0v) is 34.8. The smallest absolute Gasteiger partial charge is 0.259 e. The van der Waals surface area contributed by atoms with Crippen LogP contribution in [0.15, 0.2) is 60.8 Å². The predicted molar refractivity (Wildman–Crippen MR) is 223 cm³/mol. The molecule has 0 unspecified atom stereocenters. The normalized spacial score (nSPS) is 26.8. The van der Waals surface area contributed by atoms with E-state index in [9.17, 15) is 32.4 Å². The van der Waals surface area contributed by atoms with Crippen LogP contribution in [0, 0.1) is 11.8 Å². The molecule has 5 amide bonds. The third-order valence-corrected chi connectivity index (χ3v) is 14.5. The summed E-state index contributed by atoms with van der Waals surface area (Å²) >= 11 is 0. The monoisotopic (exact) mass is 839 g/mol. The van der Waals surface area contributed by atoms with Gasteiger partial charge in [-0.3, -0.25) is 33.7 Å². The SMILES string of the molecule is COc1ccc2nc(-c3ccccn3)cc(C(=O)N[C@@H]3C[C@H]4C(=O)N[C@]5(C(=O)NS(=O)(=O)C6CC6)C[C@H]5/C=C\CCCCC[C@H](CC(=O)N5CCCCC5)C(=O)N4C3)c2c1. The summed E-state index contributed by atoms with van der Waals surface area (Å²) in [5, 5.41) is 5.89. The van der Waals surface area contributed by atoms with Crippen molar-refractivity contribution >= 4 is 50.5 Å². The molecule has 3 aromatic rings. The number of hydrogen-bond acceptors (Lipinski definition) is 10. The van der Waals surface area contributed by atoms with Crippen molar-refractivity contribution in [3.63, 3.8) is 0 Å². The van der Waals surface area contributed by atoms with Crippen molar-refractivity contribution in [3.8, 4) is 17.1 Å². The number of likely N-dealkylation sites (tertiary alicyclic amines) is 1. The lowest BCUT2D eigenvalue weighted by Crippen LogP contribution is -2.57. The maximum absolute atomic E-state index is 14.8. The van der Waals surface area contributed by atoms with Crippen LogP contribution in [0.1, 0.15) is 93.8 Å². The molecule has 60 heavy (non-hydrogen) atoms. The van der Waals surface area contributed by atoms with Crippen LogP contribution >= 0.6 is 0 Å². The topological polar surface area (TPSA) is 197 Å². The second-order valence-corrected chi connectivity index (χ2v) is 18.9. The summed E-state index contributed by atoms with van der Waals surface area (Å²) in [7, 11) is -2.38. The molecule has 16 heteroatoms. The van der Waals surface area contributed by atoms with E-state index in [0.717, 1.165) is 32.1 Å². The summed E-state index contributed by atoms with van der Waals surface area (Å²) in [6.07, 6.45) is 13.0. The number of fused-ring (bicyclic) bond motifs is 3. The molecule has 0 bridgehead atoms.